The van der Waals surface area contributed by atoms with Crippen LogP contribution in [-0.4, -0.2) is 58.9 Å². The summed E-state index contributed by atoms with van der Waals surface area (Å²) in [6.45, 7) is 1.25. The molecule has 2 aromatic heterocycles. The minimum Gasteiger partial charge on any atom is -0.371 e. The van der Waals surface area contributed by atoms with Crippen molar-refractivity contribution >= 4 is 55.2 Å². The summed E-state index contributed by atoms with van der Waals surface area (Å²) >= 11 is 1.99. The van der Waals surface area contributed by atoms with Gasteiger partial charge >= 0.3 is 15.6 Å². The van der Waals surface area contributed by atoms with Gasteiger partial charge in [0.25, 0.3) is 0 Å². The van der Waals surface area contributed by atoms with E-state index in [2.05, 4.69) is 24.8 Å². The minimum atomic E-state index is -4.85. The van der Waals surface area contributed by atoms with E-state index < -0.39 is 33.8 Å². The molecule has 2 heterocycles. The van der Waals surface area contributed by atoms with Gasteiger partial charge in [0.1, 0.15) is 0 Å². The Labute approximate surface area is 184 Å². The number of rotatable bonds is 7. The number of hydrogen-bond donors (Lipinski definition) is 5. The van der Waals surface area contributed by atoms with Crippen molar-refractivity contribution in [1.82, 2.24) is 19.5 Å². The lowest BCUT2D eigenvalue weighted by Gasteiger charge is -2.34. The topological polar surface area (TPSA) is 189 Å². The van der Waals surface area contributed by atoms with Crippen LogP contribution in [0.1, 0.15) is 19.4 Å². The van der Waals surface area contributed by atoms with Crippen molar-refractivity contribution in [2.75, 3.05) is 19.0 Å². The molecule has 2 fully saturated rings. The van der Waals surface area contributed by atoms with E-state index in [0.29, 0.717) is 27.2 Å². The normalized spacial score (nSPS) is 31.2. The molecule has 0 radical (unpaired) electrons. The van der Waals surface area contributed by atoms with Crippen molar-refractivity contribution in [2.45, 2.75) is 25.5 Å². The van der Waals surface area contributed by atoms with E-state index in [-0.39, 0.29) is 17.9 Å². The Morgan fingerprint density at radius 1 is 1.30 bits per heavy atom. The molecule has 166 valence electrons. The fourth-order valence-corrected chi connectivity index (χ4v) is 6.18. The third-order valence-electron chi connectivity index (χ3n) is 5.69. The van der Waals surface area contributed by atoms with Crippen LogP contribution in [0.3, 0.4) is 0 Å². The monoisotopic (exact) mass is 575 g/mol. The maximum absolute atomic E-state index is 11.6. The number of hydrogen-bond acceptors (Lipinski definition) is 8. The smallest absolute Gasteiger partial charge is 0.371 e. The van der Waals surface area contributed by atoms with Crippen molar-refractivity contribution in [1.29, 1.82) is 0 Å². The lowest BCUT2D eigenvalue weighted by molar-refractivity contribution is -0.00469. The minimum absolute atomic E-state index is 0.0463. The van der Waals surface area contributed by atoms with E-state index >= 15 is 0 Å². The summed E-state index contributed by atoms with van der Waals surface area (Å²) in [6, 6.07) is -0.176. The molecule has 5 N–H and O–H groups in total. The highest BCUT2D eigenvalue weighted by Crippen LogP contribution is 2.70. The quantitative estimate of drug-likeness (QED) is 0.181. The third kappa shape index (κ3) is 4.17. The Bertz CT molecular complexity index is 1090. The van der Waals surface area contributed by atoms with Gasteiger partial charge in [0, 0.05) is 47.0 Å². The molecule has 2 saturated carbocycles. The molecule has 0 aromatic carbocycles. The van der Waals surface area contributed by atoms with Gasteiger partial charge in [-0.1, -0.05) is 6.92 Å². The second-order valence-corrected chi connectivity index (χ2v) is 11.2. The molecule has 16 heteroatoms. The van der Waals surface area contributed by atoms with Crippen LogP contribution >= 0.6 is 38.2 Å². The summed E-state index contributed by atoms with van der Waals surface area (Å²) in [5.74, 6) is 0.220. The average molecular weight is 575 g/mol. The summed E-state index contributed by atoms with van der Waals surface area (Å²) in [5, 5.41) is 2.97. The number of nitrogens with zero attached hydrogens (tertiary/aromatic N) is 4. The highest BCUT2D eigenvalue weighted by atomic mass is 127. The largest absolute Gasteiger partial charge is 0.469 e. The number of nitrogens with one attached hydrogen (secondary N) is 1. The zero-order chi connectivity index (χ0) is 22.1. The molecule has 0 saturated heterocycles. The van der Waals surface area contributed by atoms with Crippen LogP contribution < -0.4 is 5.32 Å². The van der Waals surface area contributed by atoms with Gasteiger partial charge in [0.05, 0.1) is 19.0 Å². The van der Waals surface area contributed by atoms with E-state index in [1.165, 1.54) is 0 Å². The van der Waals surface area contributed by atoms with Crippen LogP contribution in [0.25, 0.3) is 11.2 Å². The summed E-state index contributed by atoms with van der Waals surface area (Å²) < 4.78 is 34.9. The molecular formula is C14H20IN5O8P2. The molecule has 4 rings (SSSR count). The molecule has 5 atom stereocenters. The van der Waals surface area contributed by atoms with Crippen LogP contribution in [0, 0.1) is 21.1 Å². The van der Waals surface area contributed by atoms with Gasteiger partial charge < -0.3 is 29.5 Å². The van der Waals surface area contributed by atoms with Gasteiger partial charge in [-0.3, -0.25) is 9.05 Å². The lowest BCUT2D eigenvalue weighted by Crippen LogP contribution is -2.37. The predicted octanol–water partition coefficient (Wildman–Crippen LogP) is 1.26. The van der Waals surface area contributed by atoms with Gasteiger partial charge in [-0.05, 0) is 12.3 Å². The first-order valence-electron chi connectivity index (χ1n) is 8.85. The van der Waals surface area contributed by atoms with Crippen LogP contribution in [0.5, 0.6) is 0 Å². The maximum Gasteiger partial charge on any atom is 0.469 e. The summed E-state index contributed by atoms with van der Waals surface area (Å²) in [6.07, 6.45) is 1.03. The van der Waals surface area contributed by atoms with E-state index in [9.17, 15) is 18.9 Å². The highest BCUT2D eigenvalue weighted by Gasteiger charge is 2.69. The zero-order valence-electron chi connectivity index (χ0n) is 15.8. The Kier molecular flexibility index (Phi) is 5.57. The Balaban J connectivity index is 1.66. The van der Waals surface area contributed by atoms with Crippen LogP contribution in [0.15, 0.2) is 6.33 Å². The number of anilines is 1. The lowest BCUT2D eigenvalue weighted by atomic mass is 9.83. The number of fused-ring (bicyclic) bond motifs is 2. The highest BCUT2D eigenvalue weighted by molar-refractivity contribution is 14.1. The second kappa shape index (κ2) is 7.42. The predicted molar refractivity (Wildman–Crippen MR) is 111 cm³/mol. The number of aromatic nitrogens is 4. The van der Waals surface area contributed by atoms with Crippen molar-refractivity contribution < 1.29 is 37.8 Å². The molecule has 2 aliphatic rings. The fraction of sp³-hybridized carbons (Fsp3) is 0.643. The fourth-order valence-electron chi connectivity index (χ4n) is 4.55. The van der Waals surface area contributed by atoms with Crippen molar-refractivity contribution in [3.05, 3.63) is 10.2 Å². The maximum atomic E-state index is 11.6. The van der Waals surface area contributed by atoms with Crippen molar-refractivity contribution in [3.8, 4) is 0 Å². The second-order valence-electron chi connectivity index (χ2n) is 7.79. The van der Waals surface area contributed by atoms with Crippen LogP contribution in [-0.2, 0) is 18.2 Å². The number of phosphoric acid groups is 2. The van der Waals surface area contributed by atoms with E-state index in [1.54, 1.807) is 20.3 Å². The molecule has 0 amide bonds. The third-order valence-corrected chi connectivity index (χ3v) is 7.14. The van der Waals surface area contributed by atoms with Crippen LogP contribution in [0.2, 0.25) is 0 Å². The molecule has 2 unspecified atom stereocenters. The summed E-state index contributed by atoms with van der Waals surface area (Å²) in [5.41, 5.74) is 0.175. The molecule has 30 heavy (non-hydrogen) atoms. The van der Waals surface area contributed by atoms with Crippen molar-refractivity contribution in [3.63, 3.8) is 0 Å². The molecule has 0 bridgehead atoms. The molecule has 13 nitrogen and oxygen atoms in total. The Hall–Kier alpha value is -0.700. The van der Waals surface area contributed by atoms with E-state index in [0.717, 1.165) is 0 Å². The molecule has 2 aliphatic carbocycles. The molecule has 0 aliphatic heterocycles. The standard InChI is InChI=1S/C14H20IN5O8P2/c1-14(4-27-29(21,22)23)3-6-7(10(14)28-30(24,25)26)9(6)20-5-17-8-11(16-2)18-13(15)19-12(8)20/h5-7,9-10H,3-4H2,1-2H3,(H,16,18,19)(H2,21,22,23)(H2,24,25,26)/t6-,7?,9?,10+,14-/m1/s1. The van der Waals surface area contributed by atoms with Gasteiger partial charge in [0.2, 0.25) is 0 Å². The van der Waals surface area contributed by atoms with Gasteiger partial charge in [-0.15, -0.1) is 0 Å². The SMILES string of the molecule is CNc1nc(I)nc2c1ncn2C1C2[C@H]1C[C@](C)(COP(=O)(O)O)[C@H]2OP(=O)(O)O. The number of halogens is 1. The number of imidazole rings is 1. The van der Waals surface area contributed by atoms with Crippen LogP contribution in [0.4, 0.5) is 5.82 Å². The van der Waals surface area contributed by atoms with E-state index in [1.807, 2.05) is 27.2 Å². The van der Waals surface area contributed by atoms with Gasteiger partial charge in [-0.25, -0.2) is 24.1 Å². The van der Waals surface area contributed by atoms with E-state index in [4.69, 9.17) is 14.3 Å². The Morgan fingerprint density at radius 2 is 2.00 bits per heavy atom. The zero-order valence-corrected chi connectivity index (χ0v) is 19.7. The summed E-state index contributed by atoms with van der Waals surface area (Å²) in [7, 11) is -7.88. The molecule has 0 spiro atoms. The summed E-state index contributed by atoms with van der Waals surface area (Å²) in [4.78, 5) is 50.0. The van der Waals surface area contributed by atoms with Gasteiger partial charge in [0.15, 0.2) is 20.8 Å². The Morgan fingerprint density at radius 3 is 2.60 bits per heavy atom. The molecule has 2 aromatic rings. The molecular weight excluding hydrogens is 555 g/mol. The average Bonchev–Trinajstić information content (AvgIpc) is 2.98. The first-order chi connectivity index (χ1) is 13.8. The number of phosphoric ester groups is 2. The van der Waals surface area contributed by atoms with Gasteiger partial charge in [-0.2, -0.15) is 0 Å². The first-order valence-corrected chi connectivity index (χ1v) is 13.0. The van der Waals surface area contributed by atoms with Crippen molar-refractivity contribution in [2.24, 2.45) is 17.3 Å². The first kappa shape index (κ1) is 22.5.